The Morgan fingerprint density at radius 1 is 1.45 bits per heavy atom. The molecule has 1 aliphatic heterocycles. The molecule has 5 heteroatoms. The van der Waals surface area contributed by atoms with Gasteiger partial charge in [0.25, 0.3) is 0 Å². The first kappa shape index (κ1) is 17.3. The minimum Gasteiger partial charge on any atom is -0.389 e. The Bertz CT molecular complexity index is 442. The van der Waals surface area contributed by atoms with Crippen LogP contribution in [0.4, 0.5) is 4.39 Å². The average Bonchev–Trinajstić information content (AvgIpc) is 2.50. The van der Waals surface area contributed by atoms with E-state index in [1.165, 1.54) is 6.07 Å². The lowest BCUT2D eigenvalue weighted by atomic mass is 10.1. The summed E-state index contributed by atoms with van der Waals surface area (Å²) in [5, 5.41) is 10.1. The maximum absolute atomic E-state index is 13.4. The number of benzene rings is 1. The standard InChI is InChI=1S/C17H26FNO3/c1-2-5-16-11-19(8-9-22-16)10-15(20)13-21-12-14-6-3-4-7-17(14)18/h3-4,6-7,15-16,20H,2,5,8-13H2,1H3. The second-order valence-corrected chi connectivity index (χ2v) is 5.80. The number of ether oxygens (including phenoxy) is 2. The monoisotopic (exact) mass is 311 g/mol. The van der Waals surface area contributed by atoms with E-state index in [0.717, 1.165) is 25.9 Å². The average molecular weight is 311 g/mol. The Labute approximate surface area is 131 Å². The first-order chi connectivity index (χ1) is 10.7. The molecule has 1 fully saturated rings. The first-order valence-electron chi connectivity index (χ1n) is 8.02. The number of halogens is 1. The van der Waals surface area contributed by atoms with Gasteiger partial charge in [-0.15, -0.1) is 0 Å². The molecule has 1 heterocycles. The second-order valence-electron chi connectivity index (χ2n) is 5.80. The molecule has 2 unspecified atom stereocenters. The molecule has 2 rings (SSSR count). The van der Waals surface area contributed by atoms with Gasteiger partial charge in [0.15, 0.2) is 0 Å². The van der Waals surface area contributed by atoms with Crippen LogP contribution in [0.2, 0.25) is 0 Å². The van der Waals surface area contributed by atoms with Gasteiger partial charge >= 0.3 is 0 Å². The van der Waals surface area contributed by atoms with Crippen molar-refractivity contribution in [1.29, 1.82) is 0 Å². The minimum absolute atomic E-state index is 0.186. The molecular formula is C17H26FNO3. The van der Waals surface area contributed by atoms with Crippen LogP contribution in [-0.2, 0) is 16.1 Å². The number of β-amino-alcohol motifs (C(OH)–C–C–N with tert-alkyl or cyclic N) is 1. The van der Waals surface area contributed by atoms with Crippen LogP contribution in [0.3, 0.4) is 0 Å². The van der Waals surface area contributed by atoms with Crippen LogP contribution < -0.4 is 0 Å². The summed E-state index contributed by atoms with van der Waals surface area (Å²) in [5.74, 6) is -0.271. The molecule has 124 valence electrons. The van der Waals surface area contributed by atoms with Crippen LogP contribution in [0.5, 0.6) is 0 Å². The van der Waals surface area contributed by atoms with E-state index in [0.29, 0.717) is 18.7 Å². The van der Waals surface area contributed by atoms with Crippen molar-refractivity contribution in [1.82, 2.24) is 4.90 Å². The normalized spacial score (nSPS) is 21.0. The zero-order chi connectivity index (χ0) is 15.8. The summed E-state index contributed by atoms with van der Waals surface area (Å²) < 4.78 is 24.6. The maximum Gasteiger partial charge on any atom is 0.128 e. The fourth-order valence-corrected chi connectivity index (χ4v) is 2.71. The Morgan fingerprint density at radius 3 is 3.05 bits per heavy atom. The molecule has 1 aromatic carbocycles. The Hall–Kier alpha value is -1.01. The van der Waals surface area contributed by atoms with Crippen molar-refractivity contribution < 1.29 is 19.0 Å². The molecule has 0 aliphatic carbocycles. The molecule has 1 N–H and O–H groups in total. The topological polar surface area (TPSA) is 41.9 Å². The molecule has 1 saturated heterocycles. The van der Waals surface area contributed by atoms with Crippen molar-refractivity contribution in [2.45, 2.75) is 38.6 Å². The molecule has 1 aliphatic rings. The van der Waals surface area contributed by atoms with E-state index in [4.69, 9.17) is 9.47 Å². The number of aliphatic hydroxyl groups is 1. The van der Waals surface area contributed by atoms with E-state index in [9.17, 15) is 9.50 Å². The van der Waals surface area contributed by atoms with Crippen molar-refractivity contribution >= 4 is 0 Å². The fraction of sp³-hybridized carbons (Fsp3) is 0.647. The van der Waals surface area contributed by atoms with Crippen LogP contribution in [0.1, 0.15) is 25.3 Å². The van der Waals surface area contributed by atoms with Crippen LogP contribution in [0, 0.1) is 5.82 Å². The molecule has 4 nitrogen and oxygen atoms in total. The molecule has 22 heavy (non-hydrogen) atoms. The van der Waals surface area contributed by atoms with Crippen molar-refractivity contribution in [2.75, 3.05) is 32.8 Å². The first-order valence-corrected chi connectivity index (χ1v) is 8.02. The van der Waals surface area contributed by atoms with Gasteiger partial charge < -0.3 is 14.6 Å². The summed E-state index contributed by atoms with van der Waals surface area (Å²) in [7, 11) is 0. The maximum atomic E-state index is 13.4. The highest BCUT2D eigenvalue weighted by molar-refractivity contribution is 5.16. The Kier molecular flexibility index (Phi) is 7.25. The minimum atomic E-state index is -0.563. The van der Waals surface area contributed by atoms with Gasteiger partial charge in [-0.2, -0.15) is 0 Å². The summed E-state index contributed by atoms with van der Waals surface area (Å²) in [4.78, 5) is 2.21. The van der Waals surface area contributed by atoms with E-state index in [1.54, 1.807) is 18.2 Å². The van der Waals surface area contributed by atoms with E-state index >= 15 is 0 Å². The van der Waals surface area contributed by atoms with Crippen molar-refractivity contribution in [3.63, 3.8) is 0 Å². The number of hydrogen-bond donors (Lipinski definition) is 1. The van der Waals surface area contributed by atoms with Crippen LogP contribution in [0.25, 0.3) is 0 Å². The molecule has 0 radical (unpaired) electrons. The van der Waals surface area contributed by atoms with Gasteiger partial charge in [0.05, 0.1) is 32.0 Å². The van der Waals surface area contributed by atoms with Crippen molar-refractivity contribution in [2.24, 2.45) is 0 Å². The Balaban J connectivity index is 1.67. The summed E-state index contributed by atoms with van der Waals surface area (Å²) in [5.41, 5.74) is 0.518. The van der Waals surface area contributed by atoms with Crippen LogP contribution >= 0.6 is 0 Å². The fourth-order valence-electron chi connectivity index (χ4n) is 2.71. The third kappa shape index (κ3) is 5.65. The summed E-state index contributed by atoms with van der Waals surface area (Å²) >= 11 is 0. The zero-order valence-corrected chi connectivity index (χ0v) is 13.2. The lowest BCUT2D eigenvalue weighted by Gasteiger charge is -2.33. The number of rotatable bonds is 8. The van der Waals surface area contributed by atoms with E-state index in [1.807, 2.05) is 0 Å². The van der Waals surface area contributed by atoms with Crippen LogP contribution in [0.15, 0.2) is 24.3 Å². The predicted molar refractivity (Wildman–Crippen MR) is 83.2 cm³/mol. The summed E-state index contributed by atoms with van der Waals surface area (Å²) in [6.45, 7) is 5.53. The highest BCUT2D eigenvalue weighted by Crippen LogP contribution is 2.11. The van der Waals surface area contributed by atoms with Gasteiger partial charge in [0.2, 0.25) is 0 Å². The lowest BCUT2D eigenvalue weighted by Crippen LogP contribution is -2.46. The Morgan fingerprint density at radius 2 is 2.27 bits per heavy atom. The second kappa shape index (κ2) is 9.20. The number of nitrogens with zero attached hydrogens (tertiary/aromatic N) is 1. The number of hydrogen-bond acceptors (Lipinski definition) is 4. The predicted octanol–water partition coefficient (Wildman–Crippen LogP) is 2.20. The molecule has 0 spiro atoms. The van der Waals surface area contributed by atoms with Gasteiger partial charge in [0, 0.05) is 25.2 Å². The molecule has 1 aromatic rings. The molecule has 0 aromatic heterocycles. The molecule has 0 bridgehead atoms. The third-order valence-corrected chi connectivity index (χ3v) is 3.83. The zero-order valence-electron chi connectivity index (χ0n) is 13.2. The lowest BCUT2D eigenvalue weighted by molar-refractivity contribution is -0.0548. The van der Waals surface area contributed by atoms with E-state index in [2.05, 4.69) is 11.8 Å². The van der Waals surface area contributed by atoms with Crippen molar-refractivity contribution in [3.8, 4) is 0 Å². The van der Waals surface area contributed by atoms with Gasteiger partial charge in [0.1, 0.15) is 5.82 Å². The highest BCUT2D eigenvalue weighted by Gasteiger charge is 2.21. The van der Waals surface area contributed by atoms with Crippen LogP contribution in [-0.4, -0.2) is 55.1 Å². The van der Waals surface area contributed by atoms with Gasteiger partial charge in [-0.3, -0.25) is 4.90 Å². The summed E-state index contributed by atoms with van der Waals surface area (Å²) in [6, 6.07) is 6.54. The highest BCUT2D eigenvalue weighted by atomic mass is 19.1. The van der Waals surface area contributed by atoms with E-state index < -0.39 is 6.10 Å². The smallest absolute Gasteiger partial charge is 0.128 e. The SMILES string of the molecule is CCCC1CN(CC(O)COCc2ccccc2F)CCO1. The quantitative estimate of drug-likeness (QED) is 0.799. The van der Waals surface area contributed by atoms with Crippen molar-refractivity contribution in [3.05, 3.63) is 35.6 Å². The number of aliphatic hydroxyl groups excluding tert-OH is 1. The number of morpholine rings is 1. The van der Waals surface area contributed by atoms with E-state index in [-0.39, 0.29) is 25.1 Å². The molecule has 0 amide bonds. The van der Waals surface area contributed by atoms with Gasteiger partial charge in [-0.1, -0.05) is 31.5 Å². The van der Waals surface area contributed by atoms with Gasteiger partial charge in [-0.25, -0.2) is 4.39 Å². The largest absolute Gasteiger partial charge is 0.389 e. The molecule has 0 saturated carbocycles. The molecule has 2 atom stereocenters. The van der Waals surface area contributed by atoms with Gasteiger partial charge in [-0.05, 0) is 12.5 Å². The summed E-state index contributed by atoms with van der Waals surface area (Å²) in [6.07, 6.45) is 1.86. The molecular weight excluding hydrogens is 285 g/mol. The third-order valence-electron chi connectivity index (χ3n) is 3.83.